The lowest BCUT2D eigenvalue weighted by atomic mass is 10.2. The molecule has 0 spiro atoms. The van der Waals surface area contributed by atoms with Crippen LogP contribution in [0.3, 0.4) is 0 Å². The Labute approximate surface area is 98.1 Å². The molecule has 16 heavy (non-hydrogen) atoms. The van der Waals surface area contributed by atoms with Crippen molar-refractivity contribution in [2.24, 2.45) is 0 Å². The van der Waals surface area contributed by atoms with Gasteiger partial charge in [-0.25, -0.2) is 0 Å². The number of amides is 1. The highest BCUT2D eigenvalue weighted by Gasteiger charge is 2.09. The Morgan fingerprint density at radius 2 is 2.38 bits per heavy atom. The fourth-order valence-corrected chi connectivity index (χ4v) is 1.73. The van der Waals surface area contributed by atoms with Crippen LogP contribution in [0.4, 0.5) is 0 Å². The van der Waals surface area contributed by atoms with Crippen LogP contribution in [-0.4, -0.2) is 17.4 Å². The van der Waals surface area contributed by atoms with Crippen molar-refractivity contribution in [3.63, 3.8) is 0 Å². The molecule has 0 aliphatic rings. The molecule has 4 heteroatoms. The number of carbonyl (C=O) groups excluding carboxylic acids is 1. The molecule has 1 aromatic heterocycles. The minimum atomic E-state index is -0.160. The van der Waals surface area contributed by atoms with Gasteiger partial charge in [0.25, 0.3) is 5.91 Å². The molecule has 82 valence electrons. The van der Waals surface area contributed by atoms with Gasteiger partial charge in [-0.2, -0.15) is 0 Å². The number of para-hydroxylation sites is 1. The maximum atomic E-state index is 11.7. The summed E-state index contributed by atoms with van der Waals surface area (Å²) in [5.74, 6) is -0.160. The second kappa shape index (κ2) is 4.41. The van der Waals surface area contributed by atoms with Crippen LogP contribution in [0, 0.1) is 0 Å². The molecular weight excluding hydrogens is 224 g/mol. The van der Waals surface area contributed by atoms with Crippen LogP contribution in [-0.2, 0) is 0 Å². The zero-order valence-corrected chi connectivity index (χ0v) is 9.34. The standard InChI is InChI=1S/C12H11ClN2O/c1-2-6-14-12(16)10-7-8-4-3-5-9(13)11(8)15-10/h2-5,7,15H,1,6H2,(H,14,16). The Hall–Kier alpha value is -1.74. The number of hydrogen-bond acceptors (Lipinski definition) is 1. The van der Waals surface area contributed by atoms with Crippen molar-refractivity contribution in [2.75, 3.05) is 6.54 Å². The number of fused-ring (bicyclic) bond motifs is 1. The molecule has 0 saturated heterocycles. The van der Waals surface area contributed by atoms with Gasteiger partial charge in [0.05, 0.1) is 10.5 Å². The molecule has 0 aliphatic carbocycles. The van der Waals surface area contributed by atoms with E-state index in [2.05, 4.69) is 16.9 Å². The number of H-pyrrole nitrogens is 1. The number of nitrogens with one attached hydrogen (secondary N) is 2. The zero-order chi connectivity index (χ0) is 11.5. The first-order valence-corrected chi connectivity index (χ1v) is 5.26. The third-order valence-electron chi connectivity index (χ3n) is 2.26. The summed E-state index contributed by atoms with van der Waals surface area (Å²) in [6.45, 7) is 3.98. The van der Waals surface area contributed by atoms with Gasteiger partial charge in [-0.3, -0.25) is 4.79 Å². The zero-order valence-electron chi connectivity index (χ0n) is 8.59. The van der Waals surface area contributed by atoms with E-state index in [4.69, 9.17) is 11.6 Å². The molecule has 2 rings (SSSR count). The first kappa shape index (κ1) is 10.8. The van der Waals surface area contributed by atoms with Gasteiger partial charge in [0, 0.05) is 11.9 Å². The summed E-state index contributed by atoms with van der Waals surface area (Å²) in [5, 5.41) is 4.24. The molecule has 0 aliphatic heterocycles. The highest BCUT2D eigenvalue weighted by atomic mass is 35.5. The van der Waals surface area contributed by atoms with Crippen LogP contribution in [0.15, 0.2) is 36.9 Å². The van der Waals surface area contributed by atoms with Crippen molar-refractivity contribution >= 4 is 28.4 Å². The average Bonchev–Trinajstić information content (AvgIpc) is 2.71. The van der Waals surface area contributed by atoms with E-state index < -0.39 is 0 Å². The average molecular weight is 235 g/mol. The molecule has 3 nitrogen and oxygen atoms in total. The highest BCUT2D eigenvalue weighted by Crippen LogP contribution is 2.23. The normalized spacial score (nSPS) is 10.3. The van der Waals surface area contributed by atoms with Gasteiger partial charge in [0.2, 0.25) is 0 Å². The molecule has 1 aromatic carbocycles. The van der Waals surface area contributed by atoms with Crippen molar-refractivity contribution < 1.29 is 4.79 Å². The molecule has 2 N–H and O–H groups in total. The fraction of sp³-hybridized carbons (Fsp3) is 0.0833. The van der Waals surface area contributed by atoms with E-state index in [-0.39, 0.29) is 5.91 Å². The summed E-state index contributed by atoms with van der Waals surface area (Å²) >= 11 is 6.00. The third-order valence-corrected chi connectivity index (χ3v) is 2.57. The summed E-state index contributed by atoms with van der Waals surface area (Å²) < 4.78 is 0. The third kappa shape index (κ3) is 1.95. The lowest BCUT2D eigenvalue weighted by Crippen LogP contribution is -2.23. The van der Waals surface area contributed by atoms with Crippen LogP contribution < -0.4 is 5.32 Å². The number of aromatic amines is 1. The smallest absolute Gasteiger partial charge is 0.267 e. The van der Waals surface area contributed by atoms with Gasteiger partial charge in [-0.15, -0.1) is 6.58 Å². The Balaban J connectivity index is 2.36. The van der Waals surface area contributed by atoms with Gasteiger partial charge >= 0.3 is 0 Å². The molecule has 1 amide bonds. The van der Waals surface area contributed by atoms with Gasteiger partial charge < -0.3 is 10.3 Å². The maximum absolute atomic E-state index is 11.7. The Kier molecular flexibility index (Phi) is 2.97. The Morgan fingerprint density at radius 1 is 1.56 bits per heavy atom. The van der Waals surface area contributed by atoms with E-state index >= 15 is 0 Å². The molecule has 0 saturated carbocycles. The van der Waals surface area contributed by atoms with Crippen molar-refractivity contribution in [3.8, 4) is 0 Å². The summed E-state index contributed by atoms with van der Waals surface area (Å²) in [5.41, 5.74) is 1.29. The predicted molar refractivity (Wildman–Crippen MR) is 65.8 cm³/mol. The van der Waals surface area contributed by atoms with Crippen LogP contribution in [0.25, 0.3) is 10.9 Å². The minimum absolute atomic E-state index is 0.160. The molecule has 0 atom stereocenters. The summed E-state index contributed by atoms with van der Waals surface area (Å²) in [6, 6.07) is 7.32. The van der Waals surface area contributed by atoms with Crippen LogP contribution in [0.1, 0.15) is 10.5 Å². The number of halogens is 1. The topological polar surface area (TPSA) is 44.9 Å². The van der Waals surface area contributed by atoms with Crippen molar-refractivity contribution in [2.45, 2.75) is 0 Å². The van der Waals surface area contributed by atoms with E-state index in [1.54, 1.807) is 18.2 Å². The van der Waals surface area contributed by atoms with E-state index in [1.807, 2.05) is 12.1 Å². The molecular formula is C12H11ClN2O. The molecule has 2 aromatic rings. The van der Waals surface area contributed by atoms with Gasteiger partial charge in [-0.1, -0.05) is 29.8 Å². The summed E-state index contributed by atoms with van der Waals surface area (Å²) in [6.07, 6.45) is 1.63. The van der Waals surface area contributed by atoms with E-state index in [1.165, 1.54) is 0 Å². The Morgan fingerprint density at radius 3 is 3.06 bits per heavy atom. The molecule has 0 fully saturated rings. The SMILES string of the molecule is C=CCNC(=O)c1cc2cccc(Cl)c2[nH]1. The lowest BCUT2D eigenvalue weighted by Gasteiger charge is -1.98. The second-order valence-corrected chi connectivity index (χ2v) is 3.79. The van der Waals surface area contributed by atoms with Crippen LogP contribution in [0.2, 0.25) is 5.02 Å². The van der Waals surface area contributed by atoms with Gasteiger partial charge in [-0.05, 0) is 12.1 Å². The number of carbonyl (C=O) groups is 1. The lowest BCUT2D eigenvalue weighted by molar-refractivity contribution is 0.0954. The predicted octanol–water partition coefficient (Wildman–Crippen LogP) is 2.74. The minimum Gasteiger partial charge on any atom is -0.349 e. The quantitative estimate of drug-likeness (QED) is 0.788. The van der Waals surface area contributed by atoms with Gasteiger partial charge in [0.15, 0.2) is 0 Å². The summed E-state index contributed by atoms with van der Waals surface area (Å²) in [7, 11) is 0. The molecule has 0 unspecified atom stereocenters. The van der Waals surface area contributed by atoms with Gasteiger partial charge in [0.1, 0.15) is 5.69 Å². The van der Waals surface area contributed by atoms with Crippen LogP contribution >= 0.6 is 11.6 Å². The van der Waals surface area contributed by atoms with Crippen molar-refractivity contribution in [3.05, 3.63) is 47.6 Å². The number of hydrogen-bond donors (Lipinski definition) is 2. The first-order chi connectivity index (χ1) is 7.72. The van der Waals surface area contributed by atoms with E-state index in [9.17, 15) is 4.79 Å². The highest BCUT2D eigenvalue weighted by molar-refractivity contribution is 6.35. The van der Waals surface area contributed by atoms with E-state index in [0.717, 1.165) is 10.9 Å². The largest absolute Gasteiger partial charge is 0.349 e. The molecule has 1 heterocycles. The number of aromatic nitrogens is 1. The number of benzene rings is 1. The Bertz CT molecular complexity index is 545. The molecule has 0 radical (unpaired) electrons. The monoisotopic (exact) mass is 234 g/mol. The number of rotatable bonds is 3. The van der Waals surface area contributed by atoms with E-state index in [0.29, 0.717) is 17.3 Å². The van der Waals surface area contributed by atoms with Crippen molar-refractivity contribution in [1.82, 2.24) is 10.3 Å². The summed E-state index contributed by atoms with van der Waals surface area (Å²) in [4.78, 5) is 14.6. The van der Waals surface area contributed by atoms with Crippen molar-refractivity contribution in [1.29, 1.82) is 0 Å². The second-order valence-electron chi connectivity index (χ2n) is 3.39. The fourth-order valence-electron chi connectivity index (χ4n) is 1.50. The first-order valence-electron chi connectivity index (χ1n) is 4.88. The van der Waals surface area contributed by atoms with Crippen LogP contribution in [0.5, 0.6) is 0 Å². The maximum Gasteiger partial charge on any atom is 0.267 e. The molecule has 0 bridgehead atoms.